The van der Waals surface area contributed by atoms with Gasteiger partial charge in [0.15, 0.2) is 5.69 Å². The average Bonchev–Trinajstić information content (AvgIpc) is 3.32. The minimum absolute atomic E-state index is 0.427. The predicted octanol–water partition coefficient (Wildman–Crippen LogP) is 3.22. The monoisotopic (exact) mass is 385 g/mol. The van der Waals surface area contributed by atoms with Crippen molar-refractivity contribution in [2.45, 2.75) is 6.42 Å². The van der Waals surface area contributed by atoms with Gasteiger partial charge in [-0.2, -0.15) is 14.6 Å². The molecule has 0 bridgehead atoms. The maximum absolute atomic E-state index is 8.77. The number of hydrogen-bond donors (Lipinski definition) is 0. The molecule has 2 aromatic heterocycles. The molecule has 1 aromatic carbocycles. The molecule has 0 saturated carbocycles. The molecule has 3 aromatic rings. The number of hydrogen-bond acceptors (Lipinski definition) is 8. The number of benzene rings is 1. The Morgan fingerprint density at radius 3 is 2.85 bits per heavy atom. The highest BCUT2D eigenvalue weighted by Gasteiger charge is 2.20. The van der Waals surface area contributed by atoms with Crippen LogP contribution in [0.2, 0.25) is 0 Å². The molecule has 0 spiro atoms. The zero-order chi connectivity index (χ0) is 17.8. The molecule has 0 unspecified atom stereocenters. The van der Waals surface area contributed by atoms with Crippen LogP contribution in [-0.4, -0.2) is 53.6 Å². The Morgan fingerprint density at radius 1 is 1.19 bits per heavy atom. The van der Waals surface area contributed by atoms with Crippen LogP contribution in [-0.2, 0) is 0 Å². The van der Waals surface area contributed by atoms with E-state index in [0.717, 1.165) is 45.0 Å². The van der Waals surface area contributed by atoms with Gasteiger partial charge in [-0.15, -0.1) is 0 Å². The minimum Gasteiger partial charge on any atom is -0.470 e. The summed E-state index contributed by atoms with van der Waals surface area (Å²) in [6, 6.07) is 10.5. The minimum atomic E-state index is 0.427. The Bertz CT molecular complexity index is 908. The molecule has 0 aliphatic carbocycles. The standard InChI is InChI=1S/C18H19N5OS2/c19-12-14-13-25-18(20-14)24-11-3-6-22-7-9-23(10-8-22)17-15-4-1-2-5-16(15)26-21-17/h1-2,4-5,13H,3,6-11H2. The Balaban J connectivity index is 1.22. The van der Waals surface area contributed by atoms with Gasteiger partial charge in [0.25, 0.3) is 5.19 Å². The van der Waals surface area contributed by atoms with Crippen LogP contribution >= 0.6 is 22.9 Å². The first-order chi connectivity index (χ1) is 12.8. The SMILES string of the molecule is N#Cc1csc(OCCCN2CCN(c3nsc4ccccc34)CC2)n1. The second-order valence-corrected chi connectivity index (χ2v) is 7.77. The largest absolute Gasteiger partial charge is 0.470 e. The number of nitriles is 1. The van der Waals surface area contributed by atoms with Gasteiger partial charge in [0, 0.05) is 43.5 Å². The molecule has 0 radical (unpaired) electrons. The molecule has 1 aliphatic rings. The molecule has 0 atom stereocenters. The van der Waals surface area contributed by atoms with E-state index >= 15 is 0 Å². The number of ether oxygens (including phenoxy) is 1. The normalized spacial score (nSPS) is 15.3. The summed E-state index contributed by atoms with van der Waals surface area (Å²) in [6.07, 6.45) is 0.959. The summed E-state index contributed by atoms with van der Waals surface area (Å²) in [4.78, 5) is 8.95. The second kappa shape index (κ2) is 7.99. The van der Waals surface area contributed by atoms with Gasteiger partial charge in [-0.1, -0.05) is 23.5 Å². The Labute approximate surface area is 160 Å². The van der Waals surface area contributed by atoms with Crippen LogP contribution in [0, 0.1) is 11.3 Å². The van der Waals surface area contributed by atoms with Crippen LogP contribution in [0.5, 0.6) is 5.19 Å². The highest BCUT2D eigenvalue weighted by Crippen LogP contribution is 2.29. The van der Waals surface area contributed by atoms with Crippen LogP contribution in [0.15, 0.2) is 29.6 Å². The van der Waals surface area contributed by atoms with Gasteiger partial charge < -0.3 is 9.64 Å². The molecule has 1 aliphatic heterocycles. The van der Waals surface area contributed by atoms with Gasteiger partial charge in [-0.05, 0) is 30.1 Å². The van der Waals surface area contributed by atoms with Crippen LogP contribution in [0.3, 0.4) is 0 Å². The lowest BCUT2D eigenvalue weighted by Crippen LogP contribution is -2.47. The first-order valence-corrected chi connectivity index (χ1v) is 10.3. The first kappa shape index (κ1) is 17.2. The topological polar surface area (TPSA) is 65.3 Å². The number of nitrogens with zero attached hydrogens (tertiary/aromatic N) is 5. The Morgan fingerprint density at radius 2 is 2.04 bits per heavy atom. The van der Waals surface area contributed by atoms with E-state index in [-0.39, 0.29) is 0 Å². The fraction of sp³-hybridized carbons (Fsp3) is 0.389. The van der Waals surface area contributed by atoms with Gasteiger partial charge in [0.05, 0.1) is 11.3 Å². The fourth-order valence-corrected chi connectivity index (χ4v) is 4.52. The van der Waals surface area contributed by atoms with E-state index in [9.17, 15) is 0 Å². The summed E-state index contributed by atoms with van der Waals surface area (Å²) in [5.74, 6) is 1.13. The molecule has 1 saturated heterocycles. The molecule has 0 N–H and O–H groups in total. The molecule has 8 heteroatoms. The van der Waals surface area contributed by atoms with Gasteiger partial charge in [-0.25, -0.2) is 0 Å². The van der Waals surface area contributed by atoms with Gasteiger partial charge in [0.2, 0.25) is 0 Å². The molecule has 134 valence electrons. The molecule has 4 rings (SSSR count). The van der Waals surface area contributed by atoms with Crippen LogP contribution in [0.4, 0.5) is 5.82 Å². The fourth-order valence-electron chi connectivity index (χ4n) is 3.11. The number of rotatable bonds is 6. The molecule has 26 heavy (non-hydrogen) atoms. The lowest BCUT2D eigenvalue weighted by Gasteiger charge is -2.35. The van der Waals surface area contributed by atoms with Gasteiger partial charge in [-0.3, -0.25) is 4.90 Å². The molecular formula is C18H19N5OS2. The van der Waals surface area contributed by atoms with E-state index in [4.69, 9.17) is 10.00 Å². The van der Waals surface area contributed by atoms with E-state index in [0.29, 0.717) is 17.5 Å². The van der Waals surface area contributed by atoms with Crippen molar-refractivity contribution in [3.05, 3.63) is 35.3 Å². The molecule has 1 fully saturated rings. The van der Waals surface area contributed by atoms with Crippen molar-refractivity contribution in [1.82, 2.24) is 14.3 Å². The van der Waals surface area contributed by atoms with Crippen molar-refractivity contribution < 1.29 is 4.74 Å². The molecule has 6 nitrogen and oxygen atoms in total. The van der Waals surface area contributed by atoms with Crippen molar-refractivity contribution in [3.63, 3.8) is 0 Å². The Kier molecular flexibility index (Phi) is 5.29. The van der Waals surface area contributed by atoms with Crippen LogP contribution in [0.1, 0.15) is 12.1 Å². The Hall–Kier alpha value is -2.21. The second-order valence-electron chi connectivity index (χ2n) is 6.14. The highest BCUT2D eigenvalue weighted by atomic mass is 32.1. The van der Waals surface area contributed by atoms with Crippen LogP contribution in [0.25, 0.3) is 10.1 Å². The summed E-state index contributed by atoms with van der Waals surface area (Å²) in [5, 5.41) is 12.3. The maximum atomic E-state index is 8.77. The summed E-state index contributed by atoms with van der Waals surface area (Å²) in [6.45, 7) is 5.75. The van der Waals surface area contributed by atoms with Crippen molar-refractivity contribution in [3.8, 4) is 11.3 Å². The van der Waals surface area contributed by atoms with Crippen molar-refractivity contribution >= 4 is 38.8 Å². The molecule has 0 amide bonds. The summed E-state index contributed by atoms with van der Waals surface area (Å²) >= 11 is 2.96. The van der Waals surface area contributed by atoms with E-state index in [2.05, 4.69) is 43.4 Å². The third-order valence-corrected chi connectivity index (χ3v) is 6.04. The summed E-state index contributed by atoms with van der Waals surface area (Å²) < 4.78 is 11.5. The van der Waals surface area contributed by atoms with E-state index in [1.807, 2.05) is 6.07 Å². The van der Waals surface area contributed by atoms with Crippen LogP contribution < -0.4 is 9.64 Å². The van der Waals surface area contributed by atoms with Gasteiger partial charge >= 0.3 is 0 Å². The van der Waals surface area contributed by atoms with Gasteiger partial charge in [0.1, 0.15) is 11.9 Å². The molecule has 3 heterocycles. The predicted molar refractivity (Wildman–Crippen MR) is 105 cm³/mol. The number of aromatic nitrogens is 2. The zero-order valence-corrected chi connectivity index (χ0v) is 15.9. The number of piperazine rings is 1. The van der Waals surface area contributed by atoms with Crippen molar-refractivity contribution in [2.24, 2.45) is 0 Å². The summed E-state index contributed by atoms with van der Waals surface area (Å²) in [7, 11) is 0. The third-order valence-electron chi connectivity index (χ3n) is 4.47. The van der Waals surface area contributed by atoms with E-state index < -0.39 is 0 Å². The number of thiazole rings is 1. The first-order valence-electron chi connectivity index (χ1n) is 8.63. The maximum Gasteiger partial charge on any atom is 0.274 e. The van der Waals surface area contributed by atoms with E-state index in [1.54, 1.807) is 16.9 Å². The average molecular weight is 386 g/mol. The zero-order valence-electron chi connectivity index (χ0n) is 14.3. The summed E-state index contributed by atoms with van der Waals surface area (Å²) in [5.41, 5.74) is 0.427. The lowest BCUT2D eigenvalue weighted by atomic mass is 10.2. The highest BCUT2D eigenvalue weighted by molar-refractivity contribution is 7.13. The van der Waals surface area contributed by atoms with E-state index in [1.165, 1.54) is 21.4 Å². The number of anilines is 1. The smallest absolute Gasteiger partial charge is 0.274 e. The quantitative estimate of drug-likeness (QED) is 0.607. The number of fused-ring (bicyclic) bond motifs is 1. The third kappa shape index (κ3) is 3.80. The van der Waals surface area contributed by atoms with Crippen molar-refractivity contribution in [2.75, 3.05) is 44.2 Å². The molecular weight excluding hydrogens is 366 g/mol. The lowest BCUT2D eigenvalue weighted by molar-refractivity contribution is 0.224. The van der Waals surface area contributed by atoms with Crippen molar-refractivity contribution in [1.29, 1.82) is 5.26 Å².